The van der Waals surface area contributed by atoms with Crippen LogP contribution < -0.4 is 0 Å². The largest absolute Gasteiger partial charge is 0.480 e. The Morgan fingerprint density at radius 1 is 1.19 bits per heavy atom. The number of hydrogen-bond donors (Lipinski definition) is 1. The molecule has 0 aromatic heterocycles. The Kier molecular flexibility index (Phi) is 6.88. The monoisotopic (exact) mass is 293 g/mol. The van der Waals surface area contributed by atoms with Gasteiger partial charge in [-0.2, -0.15) is 0 Å². The lowest BCUT2D eigenvalue weighted by molar-refractivity contribution is -0.151. The van der Waals surface area contributed by atoms with Crippen LogP contribution in [0.2, 0.25) is 0 Å². The summed E-state index contributed by atoms with van der Waals surface area (Å²) in [5, 5.41) is 8.90. The van der Waals surface area contributed by atoms with Gasteiger partial charge in [-0.1, -0.05) is 44.2 Å². The van der Waals surface area contributed by atoms with E-state index in [2.05, 4.69) is 0 Å². The molecule has 0 aliphatic heterocycles. The van der Waals surface area contributed by atoms with Crippen molar-refractivity contribution >= 4 is 11.9 Å². The van der Waals surface area contributed by atoms with Crippen LogP contribution in [-0.2, 0) is 20.9 Å². The molecule has 0 spiro atoms. The van der Waals surface area contributed by atoms with E-state index in [0.29, 0.717) is 13.2 Å². The molecule has 0 aliphatic rings. The molecule has 1 aromatic carbocycles. The standard InChI is InChI=1S/C16H23NO4/c1-12(2)9-17(10-15(18)19)16(20)13(3)21-11-14-7-5-4-6-8-14/h4-8,12-13H,9-11H2,1-3H3,(H,18,19). The minimum atomic E-state index is -1.01. The molecular weight excluding hydrogens is 270 g/mol. The number of ether oxygens (including phenoxy) is 1. The predicted octanol–water partition coefficient (Wildman–Crippen LogP) is 2.16. The molecule has 1 amide bonds. The smallest absolute Gasteiger partial charge is 0.323 e. The SMILES string of the molecule is CC(C)CN(CC(=O)O)C(=O)C(C)OCc1ccccc1. The van der Waals surface area contributed by atoms with Crippen molar-refractivity contribution in [2.24, 2.45) is 5.92 Å². The zero-order valence-electron chi connectivity index (χ0n) is 12.8. The van der Waals surface area contributed by atoms with Crippen molar-refractivity contribution in [2.45, 2.75) is 33.5 Å². The highest BCUT2D eigenvalue weighted by molar-refractivity contribution is 5.84. The Hall–Kier alpha value is -1.88. The molecule has 1 aromatic rings. The predicted molar refractivity (Wildman–Crippen MR) is 79.7 cm³/mol. The van der Waals surface area contributed by atoms with Gasteiger partial charge >= 0.3 is 5.97 Å². The summed E-state index contributed by atoms with van der Waals surface area (Å²) in [5.74, 6) is -1.10. The molecule has 0 saturated carbocycles. The molecular formula is C16H23NO4. The van der Waals surface area contributed by atoms with Crippen LogP contribution >= 0.6 is 0 Å². The van der Waals surface area contributed by atoms with Gasteiger partial charge in [-0.15, -0.1) is 0 Å². The maximum atomic E-state index is 12.3. The van der Waals surface area contributed by atoms with Crippen molar-refractivity contribution in [1.29, 1.82) is 0 Å². The van der Waals surface area contributed by atoms with Crippen molar-refractivity contribution < 1.29 is 19.4 Å². The lowest BCUT2D eigenvalue weighted by atomic mass is 10.2. The van der Waals surface area contributed by atoms with Crippen LogP contribution in [0.3, 0.4) is 0 Å². The summed E-state index contributed by atoms with van der Waals surface area (Å²) in [6.45, 7) is 5.98. The molecule has 1 rings (SSSR count). The lowest BCUT2D eigenvalue weighted by Crippen LogP contribution is -2.43. The quantitative estimate of drug-likeness (QED) is 0.797. The molecule has 1 unspecified atom stereocenters. The fourth-order valence-corrected chi connectivity index (χ4v) is 1.96. The first-order valence-electron chi connectivity index (χ1n) is 7.06. The average Bonchev–Trinajstić information content (AvgIpc) is 2.43. The average molecular weight is 293 g/mol. The van der Waals surface area contributed by atoms with Crippen LogP contribution in [0.25, 0.3) is 0 Å². The van der Waals surface area contributed by atoms with Gasteiger partial charge in [-0.25, -0.2) is 0 Å². The van der Waals surface area contributed by atoms with Gasteiger partial charge in [0.1, 0.15) is 12.6 Å². The number of hydrogen-bond acceptors (Lipinski definition) is 3. The molecule has 5 heteroatoms. The number of carboxylic acid groups (broad SMARTS) is 1. The Bertz CT molecular complexity index is 459. The first-order valence-corrected chi connectivity index (χ1v) is 7.06. The molecule has 0 fully saturated rings. The van der Waals surface area contributed by atoms with Gasteiger partial charge in [0, 0.05) is 6.54 Å². The van der Waals surface area contributed by atoms with Crippen LogP contribution in [0.5, 0.6) is 0 Å². The zero-order chi connectivity index (χ0) is 15.8. The van der Waals surface area contributed by atoms with E-state index in [-0.39, 0.29) is 18.4 Å². The number of amides is 1. The number of carbonyl (C=O) groups excluding carboxylic acids is 1. The lowest BCUT2D eigenvalue weighted by Gasteiger charge is -2.25. The summed E-state index contributed by atoms with van der Waals surface area (Å²) in [7, 11) is 0. The van der Waals surface area contributed by atoms with Crippen LogP contribution in [0.15, 0.2) is 30.3 Å². The maximum Gasteiger partial charge on any atom is 0.323 e. The molecule has 1 N–H and O–H groups in total. The molecule has 0 radical (unpaired) electrons. The van der Waals surface area contributed by atoms with E-state index >= 15 is 0 Å². The molecule has 0 heterocycles. The Balaban J connectivity index is 2.58. The molecule has 5 nitrogen and oxygen atoms in total. The molecule has 116 valence electrons. The third kappa shape index (κ3) is 6.40. The van der Waals surface area contributed by atoms with E-state index in [1.807, 2.05) is 44.2 Å². The van der Waals surface area contributed by atoms with Crippen LogP contribution in [0.4, 0.5) is 0 Å². The van der Waals surface area contributed by atoms with Gasteiger partial charge in [-0.05, 0) is 18.4 Å². The Morgan fingerprint density at radius 2 is 1.81 bits per heavy atom. The number of benzene rings is 1. The fourth-order valence-electron chi connectivity index (χ4n) is 1.96. The van der Waals surface area contributed by atoms with E-state index in [4.69, 9.17) is 9.84 Å². The fraction of sp³-hybridized carbons (Fsp3) is 0.500. The summed E-state index contributed by atoms with van der Waals surface area (Å²) in [5.41, 5.74) is 0.978. The molecule has 21 heavy (non-hydrogen) atoms. The van der Waals surface area contributed by atoms with Crippen molar-refractivity contribution in [1.82, 2.24) is 4.90 Å². The van der Waals surface area contributed by atoms with Gasteiger partial charge < -0.3 is 14.7 Å². The molecule has 1 atom stereocenters. The Labute approximate surface area is 125 Å². The molecule has 0 bridgehead atoms. The number of rotatable bonds is 8. The molecule has 0 saturated heterocycles. The summed E-state index contributed by atoms with van der Waals surface area (Å²) in [6, 6.07) is 9.55. The number of nitrogens with zero attached hydrogens (tertiary/aromatic N) is 1. The van der Waals surface area contributed by atoms with Gasteiger partial charge in [-0.3, -0.25) is 9.59 Å². The second-order valence-corrected chi connectivity index (χ2v) is 5.45. The van der Waals surface area contributed by atoms with Gasteiger partial charge in [0.2, 0.25) is 0 Å². The van der Waals surface area contributed by atoms with Crippen molar-refractivity contribution in [2.75, 3.05) is 13.1 Å². The summed E-state index contributed by atoms with van der Waals surface area (Å²) >= 11 is 0. The van der Waals surface area contributed by atoms with Crippen LogP contribution in [-0.4, -0.2) is 41.1 Å². The first kappa shape index (κ1) is 17.2. The van der Waals surface area contributed by atoms with E-state index in [1.165, 1.54) is 4.90 Å². The topological polar surface area (TPSA) is 66.8 Å². The highest BCUT2D eigenvalue weighted by atomic mass is 16.5. The second-order valence-electron chi connectivity index (χ2n) is 5.45. The van der Waals surface area contributed by atoms with Crippen molar-refractivity contribution in [3.63, 3.8) is 0 Å². The van der Waals surface area contributed by atoms with Crippen LogP contribution in [0.1, 0.15) is 26.3 Å². The van der Waals surface area contributed by atoms with E-state index in [1.54, 1.807) is 6.92 Å². The second kappa shape index (κ2) is 8.42. The van der Waals surface area contributed by atoms with Gasteiger partial charge in [0.25, 0.3) is 5.91 Å². The molecule has 0 aliphatic carbocycles. The maximum absolute atomic E-state index is 12.3. The van der Waals surface area contributed by atoms with E-state index < -0.39 is 12.1 Å². The van der Waals surface area contributed by atoms with Gasteiger partial charge in [0.15, 0.2) is 0 Å². The number of aliphatic carboxylic acids is 1. The summed E-state index contributed by atoms with van der Waals surface area (Å²) < 4.78 is 5.55. The van der Waals surface area contributed by atoms with Crippen molar-refractivity contribution in [3.8, 4) is 0 Å². The third-order valence-electron chi connectivity index (χ3n) is 2.91. The highest BCUT2D eigenvalue weighted by Gasteiger charge is 2.23. The van der Waals surface area contributed by atoms with Gasteiger partial charge in [0.05, 0.1) is 6.61 Å². The minimum Gasteiger partial charge on any atom is -0.480 e. The van der Waals surface area contributed by atoms with E-state index in [0.717, 1.165) is 5.56 Å². The Morgan fingerprint density at radius 3 is 2.33 bits per heavy atom. The summed E-state index contributed by atoms with van der Waals surface area (Å²) in [6.07, 6.45) is -0.664. The zero-order valence-corrected chi connectivity index (χ0v) is 12.8. The first-order chi connectivity index (χ1) is 9.90. The number of carbonyl (C=O) groups is 2. The van der Waals surface area contributed by atoms with Crippen molar-refractivity contribution in [3.05, 3.63) is 35.9 Å². The normalized spacial score (nSPS) is 12.2. The third-order valence-corrected chi connectivity index (χ3v) is 2.91. The summed E-state index contributed by atoms with van der Waals surface area (Å²) in [4.78, 5) is 24.5. The number of carboxylic acids is 1. The van der Waals surface area contributed by atoms with Crippen LogP contribution in [0, 0.1) is 5.92 Å². The van der Waals surface area contributed by atoms with E-state index in [9.17, 15) is 9.59 Å². The highest BCUT2D eigenvalue weighted by Crippen LogP contribution is 2.08. The minimum absolute atomic E-state index is 0.203.